The lowest BCUT2D eigenvalue weighted by Gasteiger charge is -2.40. The Balaban J connectivity index is 1.42. The number of benzene rings is 1. The summed E-state index contributed by atoms with van der Waals surface area (Å²) < 4.78 is 62.3. The Morgan fingerprint density at radius 3 is 2.85 bits per heavy atom. The smallest absolute Gasteiger partial charge is 0.493 e. The van der Waals surface area contributed by atoms with Crippen molar-refractivity contribution < 1.29 is 41.7 Å². The molecule has 1 aromatic carbocycles. The molecule has 2 aliphatic heterocycles. The third kappa shape index (κ3) is 5.08. The van der Waals surface area contributed by atoms with Gasteiger partial charge in [0.15, 0.2) is 11.5 Å². The number of alkyl halides is 3. The van der Waals surface area contributed by atoms with Crippen LogP contribution in [-0.2, 0) is 19.8 Å². The molecule has 180 valence electrons. The topological polar surface area (TPSA) is 79.4 Å². The van der Waals surface area contributed by atoms with Crippen molar-refractivity contribution in [2.75, 3.05) is 40.2 Å². The van der Waals surface area contributed by atoms with Gasteiger partial charge in [-0.2, -0.15) is 0 Å². The Labute approximate surface area is 192 Å². The van der Waals surface area contributed by atoms with Crippen molar-refractivity contribution in [2.45, 2.75) is 31.4 Å². The first-order valence-corrected chi connectivity index (χ1v) is 11.1. The van der Waals surface area contributed by atoms with Crippen LogP contribution in [0.1, 0.15) is 27.5 Å². The van der Waals surface area contributed by atoms with Crippen molar-refractivity contribution >= 4 is 17.2 Å². The van der Waals surface area contributed by atoms with E-state index in [0.717, 1.165) is 10.7 Å². The normalized spacial score (nSPS) is 22.8. The molecular weight excluding hydrogens is 465 g/mol. The van der Waals surface area contributed by atoms with E-state index in [1.165, 1.54) is 19.2 Å². The molecule has 12 heteroatoms. The summed E-state index contributed by atoms with van der Waals surface area (Å²) >= 11 is 1.54. The van der Waals surface area contributed by atoms with E-state index in [9.17, 15) is 18.0 Å². The molecule has 2 aromatic rings. The SMILES string of the molecule is COc1cc(C(=O)N2CC[C@]3(c4csc(C)n4)OCO[C@@H]3C2)ccc1OCCOC(F)(F)F. The second-order valence-electron chi connectivity index (χ2n) is 7.57. The first-order chi connectivity index (χ1) is 15.7. The Hall–Kier alpha value is -2.41. The van der Waals surface area contributed by atoms with E-state index in [0.29, 0.717) is 25.1 Å². The van der Waals surface area contributed by atoms with Gasteiger partial charge in [-0.3, -0.25) is 9.53 Å². The van der Waals surface area contributed by atoms with Crippen molar-refractivity contribution in [1.82, 2.24) is 9.88 Å². The number of fused-ring (bicyclic) bond motifs is 1. The van der Waals surface area contributed by atoms with Crippen molar-refractivity contribution in [2.24, 2.45) is 0 Å². The maximum absolute atomic E-state index is 13.2. The standard InChI is InChI=1S/C21H23F3N2O6S/c1-13-25-17(11-33-13)20-5-6-26(10-18(20)30-12-32-20)19(27)14-3-4-15(16(9-14)28-2)29-7-8-31-21(22,23)24/h3-4,9,11,18H,5-8,10,12H2,1-2H3/t18-,20-/m1/s1. The first kappa shape index (κ1) is 23.7. The molecule has 2 saturated heterocycles. The zero-order valence-electron chi connectivity index (χ0n) is 18.0. The largest absolute Gasteiger partial charge is 0.522 e. The molecule has 0 unspecified atom stereocenters. The van der Waals surface area contributed by atoms with Gasteiger partial charge in [-0.15, -0.1) is 24.5 Å². The van der Waals surface area contributed by atoms with Crippen molar-refractivity contribution in [3.8, 4) is 11.5 Å². The summed E-state index contributed by atoms with van der Waals surface area (Å²) in [7, 11) is 1.39. The van der Waals surface area contributed by atoms with E-state index in [2.05, 4.69) is 9.72 Å². The maximum Gasteiger partial charge on any atom is 0.522 e. The number of thiazole rings is 1. The fourth-order valence-corrected chi connectivity index (χ4v) is 4.68. The molecule has 4 rings (SSSR count). The van der Waals surface area contributed by atoms with Gasteiger partial charge >= 0.3 is 6.36 Å². The summed E-state index contributed by atoms with van der Waals surface area (Å²) in [6.45, 7) is 1.87. The monoisotopic (exact) mass is 488 g/mol. The molecule has 0 bridgehead atoms. The molecular formula is C21H23F3N2O6S. The highest BCUT2D eigenvalue weighted by Crippen LogP contribution is 2.43. The number of carbonyl (C=O) groups is 1. The van der Waals surface area contributed by atoms with E-state index < -0.39 is 18.6 Å². The van der Waals surface area contributed by atoms with E-state index in [-0.39, 0.29) is 36.9 Å². The van der Waals surface area contributed by atoms with Crippen LogP contribution >= 0.6 is 11.3 Å². The summed E-state index contributed by atoms with van der Waals surface area (Å²) in [4.78, 5) is 19.4. The van der Waals surface area contributed by atoms with Crippen LogP contribution in [0.5, 0.6) is 11.5 Å². The number of carbonyl (C=O) groups excluding carboxylic acids is 1. The van der Waals surface area contributed by atoms with Gasteiger partial charge < -0.3 is 23.8 Å². The summed E-state index contributed by atoms with van der Waals surface area (Å²) in [6.07, 6.45) is -4.51. The van der Waals surface area contributed by atoms with Crippen LogP contribution < -0.4 is 9.47 Å². The molecule has 0 N–H and O–H groups in total. The van der Waals surface area contributed by atoms with Crippen molar-refractivity contribution in [3.05, 3.63) is 39.8 Å². The number of halogens is 3. The molecule has 0 spiro atoms. The van der Waals surface area contributed by atoms with Crippen LogP contribution in [0.2, 0.25) is 0 Å². The summed E-state index contributed by atoms with van der Waals surface area (Å²) in [5.41, 5.74) is 0.536. The van der Waals surface area contributed by atoms with Gasteiger partial charge in [0, 0.05) is 23.9 Å². The van der Waals surface area contributed by atoms with Crippen LogP contribution in [-0.4, -0.2) is 68.5 Å². The molecule has 33 heavy (non-hydrogen) atoms. The van der Waals surface area contributed by atoms with E-state index in [4.69, 9.17) is 18.9 Å². The number of ether oxygens (including phenoxy) is 5. The third-order valence-corrected chi connectivity index (χ3v) is 6.38. The number of rotatable bonds is 7. The minimum absolute atomic E-state index is 0.140. The van der Waals surface area contributed by atoms with Crippen LogP contribution in [0.3, 0.4) is 0 Å². The molecule has 2 atom stereocenters. The lowest BCUT2D eigenvalue weighted by Crippen LogP contribution is -2.53. The first-order valence-electron chi connectivity index (χ1n) is 10.2. The highest BCUT2D eigenvalue weighted by Gasteiger charge is 2.52. The van der Waals surface area contributed by atoms with E-state index in [1.807, 2.05) is 12.3 Å². The number of nitrogens with zero attached hydrogens (tertiary/aromatic N) is 2. The van der Waals surface area contributed by atoms with Gasteiger partial charge in [0.2, 0.25) is 0 Å². The second-order valence-corrected chi connectivity index (χ2v) is 8.63. The quantitative estimate of drug-likeness (QED) is 0.552. The highest BCUT2D eigenvalue weighted by atomic mass is 32.1. The lowest BCUT2D eigenvalue weighted by atomic mass is 9.86. The Kier molecular flexibility index (Phi) is 6.80. The summed E-state index contributed by atoms with van der Waals surface area (Å²) in [5, 5.41) is 2.91. The second kappa shape index (κ2) is 9.45. The predicted molar refractivity (Wildman–Crippen MR) is 110 cm³/mol. The molecule has 1 aromatic heterocycles. The molecule has 2 aliphatic rings. The Bertz CT molecular complexity index is 1000. The zero-order valence-corrected chi connectivity index (χ0v) is 18.8. The van der Waals surface area contributed by atoms with Gasteiger partial charge in [0.05, 0.1) is 31.0 Å². The number of hydrogen-bond acceptors (Lipinski definition) is 8. The average Bonchev–Trinajstić information content (AvgIpc) is 3.42. The Morgan fingerprint density at radius 1 is 1.33 bits per heavy atom. The fourth-order valence-electron chi connectivity index (χ4n) is 4.00. The number of aromatic nitrogens is 1. The van der Waals surface area contributed by atoms with E-state index >= 15 is 0 Å². The number of likely N-dealkylation sites (tertiary alicyclic amines) is 1. The zero-order chi connectivity index (χ0) is 23.6. The molecule has 0 radical (unpaired) electrons. The Morgan fingerprint density at radius 2 is 2.15 bits per heavy atom. The van der Waals surface area contributed by atoms with Gasteiger partial charge in [-0.25, -0.2) is 4.98 Å². The maximum atomic E-state index is 13.2. The number of piperidine rings is 1. The van der Waals surface area contributed by atoms with Crippen LogP contribution in [0.4, 0.5) is 13.2 Å². The molecule has 0 saturated carbocycles. The molecule has 0 aliphatic carbocycles. The predicted octanol–water partition coefficient (Wildman–Crippen LogP) is 3.49. The third-order valence-electron chi connectivity index (χ3n) is 5.60. The number of methoxy groups -OCH3 is 1. The molecule has 2 fully saturated rings. The summed E-state index contributed by atoms with van der Waals surface area (Å²) in [5.74, 6) is 0.223. The highest BCUT2D eigenvalue weighted by molar-refractivity contribution is 7.09. The number of hydrogen-bond donors (Lipinski definition) is 0. The van der Waals surface area contributed by atoms with Gasteiger partial charge in [-0.1, -0.05) is 0 Å². The fraction of sp³-hybridized carbons (Fsp3) is 0.524. The molecule has 8 nitrogen and oxygen atoms in total. The van der Waals surface area contributed by atoms with Crippen LogP contribution in [0.15, 0.2) is 23.6 Å². The number of aryl methyl sites for hydroxylation is 1. The average molecular weight is 488 g/mol. The minimum atomic E-state index is -4.72. The summed E-state index contributed by atoms with van der Waals surface area (Å²) in [6, 6.07) is 4.53. The number of amides is 1. The van der Waals surface area contributed by atoms with Crippen LogP contribution in [0.25, 0.3) is 0 Å². The van der Waals surface area contributed by atoms with Gasteiger partial charge in [0.1, 0.15) is 25.1 Å². The lowest BCUT2D eigenvalue weighted by molar-refractivity contribution is -0.325. The van der Waals surface area contributed by atoms with Crippen molar-refractivity contribution in [3.63, 3.8) is 0 Å². The molecule has 3 heterocycles. The van der Waals surface area contributed by atoms with Gasteiger partial charge in [0.25, 0.3) is 5.91 Å². The molecule has 1 amide bonds. The van der Waals surface area contributed by atoms with Crippen LogP contribution in [0, 0.1) is 6.92 Å². The van der Waals surface area contributed by atoms with Crippen molar-refractivity contribution in [1.29, 1.82) is 0 Å². The van der Waals surface area contributed by atoms with E-state index in [1.54, 1.807) is 22.3 Å². The minimum Gasteiger partial charge on any atom is -0.493 e. The van der Waals surface area contributed by atoms with Gasteiger partial charge in [-0.05, 0) is 25.1 Å².